The van der Waals surface area contributed by atoms with Crippen LogP contribution in [0.3, 0.4) is 0 Å². The van der Waals surface area contributed by atoms with E-state index in [0.29, 0.717) is 44.8 Å². The van der Waals surface area contributed by atoms with Crippen LogP contribution >= 0.6 is 0 Å². The minimum atomic E-state index is -1.01. The second-order valence-corrected chi connectivity index (χ2v) is 16.0. The Bertz CT molecular complexity index is 1050. The van der Waals surface area contributed by atoms with Gasteiger partial charge < -0.3 is 33.9 Å². The van der Waals surface area contributed by atoms with Crippen LogP contribution in [0.4, 0.5) is 0 Å². The van der Waals surface area contributed by atoms with Crippen LogP contribution in [0.2, 0.25) is 0 Å². The highest BCUT2D eigenvalue weighted by Crippen LogP contribution is 2.37. The predicted molar refractivity (Wildman–Crippen MR) is 185 cm³/mol. The Kier molecular flexibility index (Phi) is 15.3. The lowest BCUT2D eigenvalue weighted by Gasteiger charge is -2.47. The van der Waals surface area contributed by atoms with E-state index in [9.17, 15) is 19.5 Å². The Labute approximate surface area is 290 Å². The van der Waals surface area contributed by atoms with Crippen molar-refractivity contribution in [2.24, 2.45) is 29.6 Å². The molecule has 0 spiro atoms. The number of methoxy groups -OCH3 is 1. The monoisotopic (exact) mass is 681 g/mol. The molecule has 0 saturated carbocycles. The topological polar surface area (TPSA) is 118 Å². The molecule has 0 aromatic rings. The van der Waals surface area contributed by atoms with Gasteiger partial charge in [-0.2, -0.15) is 0 Å². The number of likely N-dealkylation sites (tertiary alicyclic amines) is 1. The lowest BCUT2D eigenvalue weighted by Crippen LogP contribution is -2.59. The summed E-state index contributed by atoms with van der Waals surface area (Å²) < 4.78 is 24.9. The standard InChI is InChI=1S/C37H67N3O8/c1-23(2)13-12-14-31(41)40-17-15-28(16-18-40)30-22-46-35(44)27(6)32(42)26(5)34(37(7,45-11)20-24(3)21-39(30)10)48-36-33(43)29(38(8)9)19-25(4)47-36/h23-30,33-34,36,43H,12-22H2,1-11H3/t24-,25-,26+,27?,29+,30+,33-,34-,36+,37-/m1/s1. The van der Waals surface area contributed by atoms with Gasteiger partial charge in [-0.05, 0) is 91.8 Å². The summed E-state index contributed by atoms with van der Waals surface area (Å²) in [5, 5.41) is 11.3. The van der Waals surface area contributed by atoms with Gasteiger partial charge in [-0.25, -0.2) is 0 Å². The second kappa shape index (κ2) is 18.0. The van der Waals surface area contributed by atoms with Crippen LogP contribution in [-0.2, 0) is 33.3 Å². The Morgan fingerprint density at radius 1 is 1.12 bits per heavy atom. The highest BCUT2D eigenvalue weighted by atomic mass is 16.7. The van der Waals surface area contributed by atoms with Gasteiger partial charge in [0.25, 0.3) is 0 Å². The molecule has 1 unspecified atom stereocenters. The molecule has 3 heterocycles. The molecule has 3 rings (SSSR count). The molecule has 10 atom stereocenters. The number of hydrogen-bond acceptors (Lipinski definition) is 10. The van der Waals surface area contributed by atoms with Gasteiger partial charge in [0.15, 0.2) is 12.1 Å². The van der Waals surface area contributed by atoms with Crippen molar-refractivity contribution >= 4 is 17.7 Å². The Morgan fingerprint density at radius 3 is 2.35 bits per heavy atom. The number of likely N-dealkylation sites (N-methyl/N-ethyl adjacent to an activating group) is 2. The lowest BCUT2D eigenvalue weighted by atomic mass is 9.78. The van der Waals surface area contributed by atoms with Gasteiger partial charge in [-0.1, -0.05) is 34.1 Å². The molecule has 3 aliphatic heterocycles. The van der Waals surface area contributed by atoms with Crippen LogP contribution in [0.5, 0.6) is 0 Å². The molecule has 3 saturated heterocycles. The maximum Gasteiger partial charge on any atom is 0.316 e. The minimum Gasteiger partial charge on any atom is -0.463 e. The summed E-state index contributed by atoms with van der Waals surface area (Å²) in [6.45, 7) is 16.1. The number of piperidine rings is 1. The molecule has 3 fully saturated rings. The first-order chi connectivity index (χ1) is 22.5. The van der Waals surface area contributed by atoms with Crippen molar-refractivity contribution in [3.63, 3.8) is 0 Å². The van der Waals surface area contributed by atoms with Gasteiger partial charge in [-0.3, -0.25) is 19.3 Å². The number of cyclic esters (lactones) is 1. The van der Waals surface area contributed by atoms with Gasteiger partial charge in [0.05, 0.1) is 17.8 Å². The third-order valence-electron chi connectivity index (χ3n) is 11.2. The summed E-state index contributed by atoms with van der Waals surface area (Å²) in [4.78, 5) is 46.5. The van der Waals surface area contributed by atoms with Gasteiger partial charge in [0.2, 0.25) is 5.91 Å². The first-order valence-electron chi connectivity index (χ1n) is 18.4. The van der Waals surface area contributed by atoms with Gasteiger partial charge >= 0.3 is 5.97 Å². The van der Waals surface area contributed by atoms with Gasteiger partial charge in [0, 0.05) is 51.2 Å². The quantitative estimate of drug-likeness (QED) is 0.283. The molecule has 1 amide bonds. The normalized spacial score (nSPS) is 37.2. The summed E-state index contributed by atoms with van der Waals surface area (Å²) in [7, 11) is 7.54. The third kappa shape index (κ3) is 10.4. The molecular weight excluding hydrogens is 614 g/mol. The third-order valence-corrected chi connectivity index (χ3v) is 11.2. The van der Waals surface area contributed by atoms with Crippen molar-refractivity contribution in [3.8, 4) is 0 Å². The van der Waals surface area contributed by atoms with Crippen LogP contribution < -0.4 is 0 Å². The number of ketones is 1. The zero-order valence-electron chi connectivity index (χ0n) is 31.8. The maximum atomic E-state index is 14.0. The number of hydrogen-bond donors (Lipinski definition) is 1. The summed E-state index contributed by atoms with van der Waals surface area (Å²) in [5.41, 5.74) is -0.929. The summed E-state index contributed by atoms with van der Waals surface area (Å²) >= 11 is 0. The number of aliphatic hydroxyl groups is 1. The van der Waals surface area contributed by atoms with E-state index in [4.69, 9.17) is 18.9 Å². The molecule has 3 aliphatic rings. The number of esters is 1. The van der Waals surface area contributed by atoms with Crippen LogP contribution in [0.15, 0.2) is 0 Å². The van der Waals surface area contributed by atoms with E-state index in [1.165, 1.54) is 0 Å². The molecule has 0 bridgehead atoms. The molecule has 0 aliphatic carbocycles. The number of Topliss-reactive ketones (excluding diaryl/α,β-unsaturated/α-hetero) is 1. The number of rotatable bonds is 9. The first-order valence-corrected chi connectivity index (χ1v) is 18.4. The largest absolute Gasteiger partial charge is 0.463 e. The Hall–Kier alpha value is -1.63. The minimum absolute atomic E-state index is 0.0499. The molecule has 11 nitrogen and oxygen atoms in total. The number of nitrogens with zero attached hydrogens (tertiary/aromatic N) is 3. The van der Waals surface area contributed by atoms with E-state index in [2.05, 4.69) is 32.7 Å². The molecule has 278 valence electrons. The average Bonchev–Trinajstić information content (AvgIpc) is 3.03. The van der Waals surface area contributed by atoms with E-state index in [-0.39, 0.29) is 48.3 Å². The number of ether oxygens (including phenoxy) is 4. The fourth-order valence-corrected chi connectivity index (χ4v) is 8.22. The van der Waals surface area contributed by atoms with Crippen molar-refractivity contribution in [1.29, 1.82) is 0 Å². The molecule has 0 radical (unpaired) electrons. The van der Waals surface area contributed by atoms with Crippen molar-refractivity contribution in [2.45, 2.75) is 136 Å². The molecule has 48 heavy (non-hydrogen) atoms. The van der Waals surface area contributed by atoms with E-state index in [0.717, 1.165) is 25.7 Å². The van der Waals surface area contributed by atoms with Crippen LogP contribution in [0.1, 0.15) is 93.4 Å². The summed E-state index contributed by atoms with van der Waals surface area (Å²) in [5.74, 6) is -1.41. The van der Waals surface area contributed by atoms with Gasteiger partial charge in [-0.15, -0.1) is 0 Å². The summed E-state index contributed by atoms with van der Waals surface area (Å²) in [6, 6.07) is -0.229. The first kappa shape index (κ1) is 40.8. The smallest absolute Gasteiger partial charge is 0.316 e. The highest BCUT2D eigenvalue weighted by molar-refractivity contribution is 6.00. The molecular formula is C37H67N3O8. The predicted octanol–water partition coefficient (Wildman–Crippen LogP) is 3.99. The van der Waals surface area contributed by atoms with E-state index in [1.54, 1.807) is 21.0 Å². The second-order valence-electron chi connectivity index (χ2n) is 16.0. The fourth-order valence-electron chi connectivity index (χ4n) is 8.22. The number of carbonyl (C=O) groups is 3. The lowest BCUT2D eigenvalue weighted by molar-refractivity contribution is -0.295. The number of aliphatic hydroxyl groups excluding tert-OH is 1. The molecule has 0 aromatic heterocycles. The van der Waals surface area contributed by atoms with Crippen molar-refractivity contribution in [3.05, 3.63) is 0 Å². The number of amides is 1. The van der Waals surface area contributed by atoms with Crippen LogP contribution in [-0.4, -0.2) is 134 Å². The fraction of sp³-hybridized carbons (Fsp3) is 0.919. The van der Waals surface area contributed by atoms with Gasteiger partial charge in [0.1, 0.15) is 18.6 Å². The zero-order chi connectivity index (χ0) is 35.9. The van der Waals surface area contributed by atoms with Crippen molar-refractivity contribution < 1.29 is 38.4 Å². The van der Waals surface area contributed by atoms with Crippen LogP contribution in [0.25, 0.3) is 0 Å². The van der Waals surface area contributed by atoms with Crippen LogP contribution in [0, 0.1) is 29.6 Å². The van der Waals surface area contributed by atoms with Crippen molar-refractivity contribution in [1.82, 2.24) is 14.7 Å². The maximum absolute atomic E-state index is 14.0. The Morgan fingerprint density at radius 2 is 1.77 bits per heavy atom. The SMILES string of the molecule is CO[C@]1(C)C[C@@H](C)CN(C)[C@H](C2CCN(C(=O)CCCC(C)C)CC2)COC(=O)C(C)C(=O)[C@H](C)[C@H]1O[C@@H]1O[C@H](C)C[C@H](N(C)C)[C@H]1O. The van der Waals surface area contributed by atoms with Crippen molar-refractivity contribution in [2.75, 3.05) is 54.5 Å². The zero-order valence-corrected chi connectivity index (χ0v) is 31.8. The van der Waals surface area contributed by atoms with E-state index >= 15 is 0 Å². The van der Waals surface area contributed by atoms with E-state index < -0.39 is 41.9 Å². The molecule has 0 aromatic carbocycles. The molecule has 11 heteroatoms. The molecule has 1 N–H and O–H groups in total. The van der Waals surface area contributed by atoms with E-state index in [1.807, 2.05) is 37.7 Å². The Balaban J connectivity index is 1.82. The average molecular weight is 682 g/mol. The summed E-state index contributed by atoms with van der Waals surface area (Å²) in [6.07, 6.45) is 2.60. The number of carbonyl (C=O) groups excluding carboxylic acids is 3. The highest BCUT2D eigenvalue weighted by Gasteiger charge is 2.49.